The summed E-state index contributed by atoms with van der Waals surface area (Å²) in [5.41, 5.74) is 5.85. The maximum Gasteiger partial charge on any atom is 0.107 e. The van der Waals surface area contributed by atoms with Crippen LogP contribution in [0.15, 0.2) is 16.5 Å². The minimum Gasteiger partial charge on any atom is -0.466 e. The van der Waals surface area contributed by atoms with E-state index in [-0.39, 0.29) is 0 Å². The average molecular weight is 179 g/mol. The summed E-state index contributed by atoms with van der Waals surface area (Å²) in [5.74, 6) is 2.79. The zero-order valence-electron chi connectivity index (χ0n) is 8.12. The predicted molar refractivity (Wildman–Crippen MR) is 52.6 cm³/mol. The van der Waals surface area contributed by atoms with Gasteiger partial charge in [-0.05, 0) is 44.7 Å². The largest absolute Gasteiger partial charge is 0.466 e. The molecule has 1 aromatic heterocycles. The lowest BCUT2D eigenvalue weighted by Crippen LogP contribution is -2.25. The van der Waals surface area contributed by atoms with Crippen molar-refractivity contribution in [1.82, 2.24) is 0 Å². The van der Waals surface area contributed by atoms with E-state index in [0.717, 1.165) is 24.4 Å². The molecule has 1 aliphatic rings. The SMILES string of the molecule is Cc1ccc(C2CCC(N)CC2)o1. The van der Waals surface area contributed by atoms with Crippen LogP contribution in [0.1, 0.15) is 43.1 Å². The highest BCUT2D eigenvalue weighted by atomic mass is 16.3. The Labute approximate surface area is 79.1 Å². The van der Waals surface area contributed by atoms with Crippen LogP contribution in [0.3, 0.4) is 0 Å². The number of hydrogen-bond donors (Lipinski definition) is 1. The molecule has 2 nitrogen and oxygen atoms in total. The standard InChI is InChI=1S/C11H17NO/c1-8-2-7-11(13-8)9-3-5-10(12)6-4-9/h2,7,9-10H,3-6,12H2,1H3. The molecule has 0 bridgehead atoms. The van der Waals surface area contributed by atoms with Crippen LogP contribution in [-0.2, 0) is 0 Å². The molecule has 0 aliphatic heterocycles. The second kappa shape index (κ2) is 3.54. The van der Waals surface area contributed by atoms with Gasteiger partial charge in [0.1, 0.15) is 11.5 Å². The van der Waals surface area contributed by atoms with Crippen LogP contribution in [0.25, 0.3) is 0 Å². The van der Waals surface area contributed by atoms with Crippen LogP contribution < -0.4 is 5.73 Å². The number of aryl methyl sites for hydroxylation is 1. The molecule has 1 heterocycles. The Balaban J connectivity index is 2.02. The lowest BCUT2D eigenvalue weighted by Gasteiger charge is -2.24. The summed E-state index contributed by atoms with van der Waals surface area (Å²) in [7, 11) is 0. The third-order valence-corrected chi connectivity index (χ3v) is 2.94. The van der Waals surface area contributed by atoms with Crippen molar-refractivity contribution in [3.63, 3.8) is 0 Å². The minimum atomic E-state index is 0.423. The first-order valence-electron chi connectivity index (χ1n) is 5.07. The van der Waals surface area contributed by atoms with Crippen LogP contribution in [0, 0.1) is 6.92 Å². The van der Waals surface area contributed by atoms with Crippen molar-refractivity contribution in [3.05, 3.63) is 23.7 Å². The summed E-state index contributed by atoms with van der Waals surface area (Å²) in [6, 6.07) is 4.58. The number of nitrogens with two attached hydrogens (primary N) is 1. The Hall–Kier alpha value is -0.760. The molecule has 0 aromatic carbocycles. The van der Waals surface area contributed by atoms with E-state index in [2.05, 4.69) is 6.07 Å². The zero-order valence-corrected chi connectivity index (χ0v) is 8.12. The maximum absolute atomic E-state index is 5.85. The quantitative estimate of drug-likeness (QED) is 0.719. The van der Waals surface area contributed by atoms with E-state index in [1.165, 1.54) is 12.8 Å². The van der Waals surface area contributed by atoms with Crippen LogP contribution in [-0.4, -0.2) is 6.04 Å². The topological polar surface area (TPSA) is 39.2 Å². The van der Waals surface area contributed by atoms with Gasteiger partial charge in [-0.15, -0.1) is 0 Å². The molecule has 0 saturated heterocycles. The molecular formula is C11H17NO. The molecule has 0 radical (unpaired) electrons. The lowest BCUT2D eigenvalue weighted by atomic mass is 9.85. The number of hydrogen-bond acceptors (Lipinski definition) is 2. The van der Waals surface area contributed by atoms with Crippen molar-refractivity contribution in [2.45, 2.75) is 44.6 Å². The molecule has 2 rings (SSSR count). The fraction of sp³-hybridized carbons (Fsp3) is 0.636. The fourth-order valence-corrected chi connectivity index (χ4v) is 2.08. The highest BCUT2D eigenvalue weighted by Crippen LogP contribution is 2.32. The Bertz CT molecular complexity index is 271. The van der Waals surface area contributed by atoms with E-state index in [4.69, 9.17) is 10.2 Å². The summed E-state index contributed by atoms with van der Waals surface area (Å²) in [6.07, 6.45) is 4.66. The number of furan rings is 1. The van der Waals surface area contributed by atoms with Crippen molar-refractivity contribution in [3.8, 4) is 0 Å². The molecule has 0 spiro atoms. The molecule has 2 N–H and O–H groups in total. The second-order valence-electron chi connectivity index (χ2n) is 4.06. The van der Waals surface area contributed by atoms with Gasteiger partial charge in [0.15, 0.2) is 0 Å². The van der Waals surface area contributed by atoms with Gasteiger partial charge < -0.3 is 10.2 Å². The molecule has 2 heteroatoms. The van der Waals surface area contributed by atoms with Gasteiger partial charge in [-0.2, -0.15) is 0 Å². The van der Waals surface area contributed by atoms with E-state index in [0.29, 0.717) is 12.0 Å². The molecule has 0 atom stereocenters. The smallest absolute Gasteiger partial charge is 0.107 e. The molecule has 13 heavy (non-hydrogen) atoms. The van der Waals surface area contributed by atoms with Gasteiger partial charge in [-0.25, -0.2) is 0 Å². The molecule has 0 amide bonds. The van der Waals surface area contributed by atoms with Gasteiger partial charge in [-0.3, -0.25) is 0 Å². The summed E-state index contributed by atoms with van der Waals surface area (Å²) < 4.78 is 5.62. The van der Waals surface area contributed by atoms with Crippen LogP contribution in [0.4, 0.5) is 0 Å². The molecule has 1 aliphatic carbocycles. The molecule has 1 aromatic rings. The normalized spacial score (nSPS) is 29.1. The van der Waals surface area contributed by atoms with Crippen molar-refractivity contribution < 1.29 is 4.42 Å². The van der Waals surface area contributed by atoms with Gasteiger partial charge >= 0.3 is 0 Å². The van der Waals surface area contributed by atoms with Crippen molar-refractivity contribution in [2.75, 3.05) is 0 Å². The average Bonchev–Trinajstić information content (AvgIpc) is 2.53. The second-order valence-corrected chi connectivity index (χ2v) is 4.06. The Morgan fingerprint density at radius 3 is 2.46 bits per heavy atom. The molecule has 1 saturated carbocycles. The molecule has 72 valence electrons. The maximum atomic E-state index is 5.85. The zero-order chi connectivity index (χ0) is 9.26. The lowest BCUT2D eigenvalue weighted by molar-refractivity contribution is 0.343. The molecule has 0 unspecified atom stereocenters. The van der Waals surface area contributed by atoms with Crippen LogP contribution >= 0.6 is 0 Å². The highest BCUT2D eigenvalue weighted by molar-refractivity contribution is 5.11. The molecule has 1 fully saturated rings. The van der Waals surface area contributed by atoms with Gasteiger partial charge in [0, 0.05) is 12.0 Å². The summed E-state index contributed by atoms with van der Waals surface area (Å²) in [4.78, 5) is 0. The van der Waals surface area contributed by atoms with E-state index in [1.54, 1.807) is 0 Å². The summed E-state index contributed by atoms with van der Waals surface area (Å²) in [5, 5.41) is 0. The van der Waals surface area contributed by atoms with Crippen LogP contribution in [0.2, 0.25) is 0 Å². The third-order valence-electron chi connectivity index (χ3n) is 2.94. The number of rotatable bonds is 1. The van der Waals surface area contributed by atoms with E-state index in [9.17, 15) is 0 Å². The third kappa shape index (κ3) is 1.94. The first-order chi connectivity index (χ1) is 6.25. The van der Waals surface area contributed by atoms with Gasteiger partial charge in [0.25, 0.3) is 0 Å². The predicted octanol–water partition coefficient (Wildman–Crippen LogP) is 2.57. The Morgan fingerprint density at radius 2 is 1.92 bits per heavy atom. The van der Waals surface area contributed by atoms with Crippen molar-refractivity contribution >= 4 is 0 Å². The Morgan fingerprint density at radius 1 is 1.23 bits per heavy atom. The highest BCUT2D eigenvalue weighted by Gasteiger charge is 2.21. The van der Waals surface area contributed by atoms with Crippen molar-refractivity contribution in [1.29, 1.82) is 0 Å². The van der Waals surface area contributed by atoms with Crippen LogP contribution in [0.5, 0.6) is 0 Å². The van der Waals surface area contributed by atoms with Gasteiger partial charge in [0.2, 0.25) is 0 Å². The van der Waals surface area contributed by atoms with Crippen molar-refractivity contribution in [2.24, 2.45) is 5.73 Å². The van der Waals surface area contributed by atoms with E-state index in [1.807, 2.05) is 13.0 Å². The first kappa shape index (κ1) is 8.82. The van der Waals surface area contributed by atoms with Gasteiger partial charge in [0.05, 0.1) is 0 Å². The summed E-state index contributed by atoms with van der Waals surface area (Å²) in [6.45, 7) is 2.00. The summed E-state index contributed by atoms with van der Waals surface area (Å²) >= 11 is 0. The fourth-order valence-electron chi connectivity index (χ4n) is 2.08. The first-order valence-corrected chi connectivity index (χ1v) is 5.07. The molecular weight excluding hydrogens is 162 g/mol. The van der Waals surface area contributed by atoms with E-state index < -0.39 is 0 Å². The Kier molecular flexibility index (Phi) is 2.40. The van der Waals surface area contributed by atoms with Gasteiger partial charge in [-0.1, -0.05) is 0 Å². The monoisotopic (exact) mass is 179 g/mol. The minimum absolute atomic E-state index is 0.423. The van der Waals surface area contributed by atoms with E-state index >= 15 is 0 Å².